The number of rotatable bonds is 7. The van der Waals surface area contributed by atoms with E-state index in [9.17, 15) is 9.90 Å². The summed E-state index contributed by atoms with van der Waals surface area (Å²) < 4.78 is 5.10. The number of ether oxygens (including phenoxy) is 1. The van der Waals surface area contributed by atoms with Crippen LogP contribution in [0, 0.1) is 0 Å². The van der Waals surface area contributed by atoms with E-state index in [-0.39, 0.29) is 18.1 Å². The Bertz CT molecular complexity index is 459. The molecular weight excluding hydrogens is 268 g/mol. The van der Waals surface area contributed by atoms with Crippen LogP contribution in [0.5, 0.6) is 5.75 Å². The van der Waals surface area contributed by atoms with Gasteiger partial charge in [-0.25, -0.2) is 0 Å². The monoisotopic (exact) mass is 292 g/mol. The minimum atomic E-state index is 0.0299. The number of hydrogen-bond donors (Lipinski definition) is 2. The van der Waals surface area contributed by atoms with Crippen molar-refractivity contribution in [3.05, 3.63) is 29.8 Å². The summed E-state index contributed by atoms with van der Waals surface area (Å²) in [7, 11) is 1.64. The van der Waals surface area contributed by atoms with Gasteiger partial charge in [0, 0.05) is 31.8 Å². The molecule has 0 saturated carbocycles. The van der Waals surface area contributed by atoms with E-state index < -0.39 is 0 Å². The van der Waals surface area contributed by atoms with Crippen LogP contribution in [-0.4, -0.2) is 55.3 Å². The Balaban J connectivity index is 1.97. The topological polar surface area (TPSA) is 61.8 Å². The van der Waals surface area contributed by atoms with Gasteiger partial charge in [0.05, 0.1) is 13.0 Å². The molecule has 1 aromatic rings. The Kier molecular flexibility index (Phi) is 6.02. The molecule has 0 radical (unpaired) electrons. The molecule has 0 aliphatic carbocycles. The van der Waals surface area contributed by atoms with Crippen molar-refractivity contribution in [2.75, 3.05) is 33.4 Å². The molecule has 21 heavy (non-hydrogen) atoms. The number of phenols is 1. The Hall–Kier alpha value is -1.59. The van der Waals surface area contributed by atoms with E-state index in [0.717, 1.165) is 19.4 Å². The SMILES string of the molecule is COCCN(CC1CCCN1)C(=O)Cc1ccccc1O. The minimum absolute atomic E-state index is 0.0299. The second kappa shape index (κ2) is 8.00. The van der Waals surface area contributed by atoms with Gasteiger partial charge in [0.2, 0.25) is 5.91 Å². The standard InChI is InChI=1S/C16H24N2O3/c1-21-10-9-18(12-14-6-4-8-17-14)16(20)11-13-5-2-3-7-15(13)19/h2-3,5,7,14,17,19H,4,6,8-12H2,1H3. The van der Waals surface area contributed by atoms with Crippen LogP contribution in [0.25, 0.3) is 0 Å². The quantitative estimate of drug-likeness (QED) is 0.792. The number of nitrogens with one attached hydrogen (secondary N) is 1. The van der Waals surface area contributed by atoms with Crippen molar-refractivity contribution in [3.63, 3.8) is 0 Å². The van der Waals surface area contributed by atoms with Gasteiger partial charge in [-0.3, -0.25) is 4.79 Å². The third kappa shape index (κ3) is 4.72. The molecule has 1 aliphatic heterocycles. The summed E-state index contributed by atoms with van der Waals surface area (Å²) >= 11 is 0. The highest BCUT2D eigenvalue weighted by atomic mass is 16.5. The molecule has 2 rings (SSSR count). The summed E-state index contributed by atoms with van der Waals surface area (Å²) in [6, 6.07) is 7.36. The molecule has 1 unspecified atom stereocenters. The number of methoxy groups -OCH3 is 1. The Morgan fingerprint density at radius 1 is 1.48 bits per heavy atom. The van der Waals surface area contributed by atoms with Crippen molar-refractivity contribution in [3.8, 4) is 5.75 Å². The zero-order valence-electron chi connectivity index (χ0n) is 12.5. The van der Waals surface area contributed by atoms with Crippen molar-refractivity contribution in [2.45, 2.75) is 25.3 Å². The van der Waals surface area contributed by atoms with Gasteiger partial charge < -0.3 is 20.1 Å². The number of carbonyl (C=O) groups excluding carboxylic acids is 1. The van der Waals surface area contributed by atoms with Gasteiger partial charge in [0.15, 0.2) is 0 Å². The lowest BCUT2D eigenvalue weighted by Gasteiger charge is -2.26. The maximum Gasteiger partial charge on any atom is 0.227 e. The summed E-state index contributed by atoms with van der Waals surface area (Å²) in [5, 5.41) is 13.2. The van der Waals surface area contributed by atoms with Crippen LogP contribution in [0.4, 0.5) is 0 Å². The summed E-state index contributed by atoms with van der Waals surface area (Å²) in [5.74, 6) is 0.207. The van der Waals surface area contributed by atoms with Crippen LogP contribution in [0.1, 0.15) is 18.4 Å². The maximum absolute atomic E-state index is 12.5. The number of nitrogens with zero attached hydrogens (tertiary/aromatic N) is 1. The highest BCUT2D eigenvalue weighted by Crippen LogP contribution is 2.17. The number of amides is 1. The molecule has 0 aromatic heterocycles. The van der Waals surface area contributed by atoms with Crippen molar-refractivity contribution < 1.29 is 14.6 Å². The molecule has 2 N–H and O–H groups in total. The summed E-state index contributed by atoms with van der Waals surface area (Å²) in [5.41, 5.74) is 0.671. The highest BCUT2D eigenvalue weighted by Gasteiger charge is 2.21. The molecule has 1 saturated heterocycles. The molecule has 1 amide bonds. The van der Waals surface area contributed by atoms with Gasteiger partial charge in [-0.2, -0.15) is 0 Å². The smallest absolute Gasteiger partial charge is 0.227 e. The first-order chi connectivity index (χ1) is 10.2. The maximum atomic E-state index is 12.5. The average molecular weight is 292 g/mol. The second-order valence-corrected chi connectivity index (χ2v) is 5.43. The first-order valence-electron chi connectivity index (χ1n) is 7.47. The van der Waals surface area contributed by atoms with Crippen LogP contribution in [0.3, 0.4) is 0 Å². The van der Waals surface area contributed by atoms with E-state index in [2.05, 4.69) is 5.32 Å². The van der Waals surface area contributed by atoms with Gasteiger partial charge in [0.1, 0.15) is 5.75 Å². The molecule has 0 spiro atoms. The van der Waals surface area contributed by atoms with E-state index in [1.54, 1.807) is 25.3 Å². The molecule has 5 nitrogen and oxygen atoms in total. The number of hydrogen-bond acceptors (Lipinski definition) is 4. The predicted molar refractivity (Wildman–Crippen MR) is 81.3 cm³/mol. The largest absolute Gasteiger partial charge is 0.508 e. The molecule has 1 fully saturated rings. The first-order valence-corrected chi connectivity index (χ1v) is 7.47. The third-order valence-corrected chi connectivity index (χ3v) is 3.85. The van der Waals surface area contributed by atoms with Gasteiger partial charge >= 0.3 is 0 Å². The van der Waals surface area contributed by atoms with Crippen molar-refractivity contribution in [2.24, 2.45) is 0 Å². The lowest BCUT2D eigenvalue weighted by atomic mass is 10.1. The molecule has 1 atom stereocenters. The highest BCUT2D eigenvalue weighted by molar-refractivity contribution is 5.79. The Morgan fingerprint density at radius 2 is 2.29 bits per heavy atom. The number of carbonyl (C=O) groups is 1. The minimum Gasteiger partial charge on any atom is -0.508 e. The van der Waals surface area contributed by atoms with E-state index in [1.807, 2.05) is 11.0 Å². The van der Waals surface area contributed by atoms with Crippen molar-refractivity contribution in [1.82, 2.24) is 10.2 Å². The number of phenolic OH excluding ortho intramolecular Hbond substituents is 1. The number of benzene rings is 1. The van der Waals surface area contributed by atoms with E-state index >= 15 is 0 Å². The predicted octanol–water partition coefficient (Wildman–Crippen LogP) is 1.16. The van der Waals surface area contributed by atoms with Crippen LogP contribution in [-0.2, 0) is 16.0 Å². The lowest BCUT2D eigenvalue weighted by molar-refractivity contribution is -0.131. The third-order valence-electron chi connectivity index (χ3n) is 3.85. The first kappa shape index (κ1) is 15.8. The molecule has 1 aromatic carbocycles. The van der Waals surface area contributed by atoms with Gasteiger partial charge in [-0.15, -0.1) is 0 Å². The fourth-order valence-corrected chi connectivity index (χ4v) is 2.63. The summed E-state index contributed by atoms with van der Waals surface area (Å²) in [6.45, 7) is 2.84. The van der Waals surface area contributed by atoms with Gasteiger partial charge in [-0.1, -0.05) is 18.2 Å². The van der Waals surface area contributed by atoms with E-state index in [0.29, 0.717) is 31.3 Å². The van der Waals surface area contributed by atoms with Crippen LogP contribution >= 0.6 is 0 Å². The fraction of sp³-hybridized carbons (Fsp3) is 0.562. The molecule has 1 heterocycles. The number of para-hydroxylation sites is 1. The van der Waals surface area contributed by atoms with Gasteiger partial charge in [0.25, 0.3) is 0 Å². The van der Waals surface area contributed by atoms with E-state index in [4.69, 9.17) is 4.74 Å². The average Bonchev–Trinajstić information content (AvgIpc) is 2.98. The zero-order valence-corrected chi connectivity index (χ0v) is 12.5. The normalized spacial score (nSPS) is 17.9. The second-order valence-electron chi connectivity index (χ2n) is 5.43. The number of aromatic hydroxyl groups is 1. The lowest BCUT2D eigenvalue weighted by Crippen LogP contribution is -2.43. The van der Waals surface area contributed by atoms with Gasteiger partial charge in [-0.05, 0) is 25.5 Å². The Labute approximate surface area is 125 Å². The molecule has 116 valence electrons. The van der Waals surface area contributed by atoms with E-state index in [1.165, 1.54) is 0 Å². The molecule has 1 aliphatic rings. The summed E-state index contributed by atoms with van der Waals surface area (Å²) in [4.78, 5) is 14.3. The fourth-order valence-electron chi connectivity index (χ4n) is 2.63. The van der Waals surface area contributed by atoms with Crippen LogP contribution < -0.4 is 5.32 Å². The van der Waals surface area contributed by atoms with Crippen LogP contribution in [0.15, 0.2) is 24.3 Å². The van der Waals surface area contributed by atoms with Crippen LogP contribution in [0.2, 0.25) is 0 Å². The Morgan fingerprint density at radius 3 is 2.95 bits per heavy atom. The zero-order chi connectivity index (χ0) is 15.1. The van der Waals surface area contributed by atoms with Crippen molar-refractivity contribution >= 4 is 5.91 Å². The molecule has 0 bridgehead atoms. The molecular formula is C16H24N2O3. The molecule has 5 heteroatoms. The van der Waals surface area contributed by atoms with Crippen molar-refractivity contribution in [1.29, 1.82) is 0 Å². The summed E-state index contributed by atoms with van der Waals surface area (Å²) in [6.07, 6.45) is 2.49.